The van der Waals surface area contributed by atoms with Crippen LogP contribution in [0, 0.1) is 25.1 Å². The Hall–Kier alpha value is -3.14. The van der Waals surface area contributed by atoms with E-state index < -0.39 is 0 Å². The van der Waals surface area contributed by atoms with Gasteiger partial charge in [0.1, 0.15) is 5.82 Å². The molecule has 3 nitrogen and oxygen atoms in total. The quantitative estimate of drug-likeness (QED) is 0.384. The summed E-state index contributed by atoms with van der Waals surface area (Å²) >= 11 is 0. The van der Waals surface area contributed by atoms with Gasteiger partial charge in [0.05, 0.1) is 5.69 Å². The van der Waals surface area contributed by atoms with E-state index in [4.69, 9.17) is 11.1 Å². The molecule has 28 heavy (non-hydrogen) atoms. The SMILES string of the molecule is C/C=C(/c1cc(N)ccc1Cc1ccc(F)cc1C)c1[nH]c(C)cc1C(C)=N. The number of aromatic amines is 1. The van der Waals surface area contributed by atoms with Gasteiger partial charge in [-0.15, -0.1) is 0 Å². The lowest BCUT2D eigenvalue weighted by Gasteiger charge is -2.16. The Morgan fingerprint density at radius 1 is 1.07 bits per heavy atom. The fourth-order valence-corrected chi connectivity index (χ4v) is 3.59. The average Bonchev–Trinajstić information content (AvgIpc) is 3.02. The molecule has 0 atom stereocenters. The lowest BCUT2D eigenvalue weighted by atomic mass is 9.90. The van der Waals surface area contributed by atoms with Gasteiger partial charge < -0.3 is 16.1 Å². The Bertz CT molecular complexity index is 1070. The molecule has 0 unspecified atom stereocenters. The van der Waals surface area contributed by atoms with Crippen molar-refractivity contribution in [1.82, 2.24) is 4.98 Å². The van der Waals surface area contributed by atoms with E-state index in [2.05, 4.69) is 4.98 Å². The summed E-state index contributed by atoms with van der Waals surface area (Å²) in [4.78, 5) is 3.41. The minimum Gasteiger partial charge on any atom is -0.399 e. The monoisotopic (exact) mass is 375 g/mol. The highest BCUT2D eigenvalue weighted by Gasteiger charge is 2.17. The van der Waals surface area contributed by atoms with Crippen LogP contribution in [0.2, 0.25) is 0 Å². The summed E-state index contributed by atoms with van der Waals surface area (Å²) in [5, 5.41) is 8.14. The Kier molecular flexibility index (Phi) is 5.50. The molecule has 0 spiro atoms. The Morgan fingerprint density at radius 2 is 1.79 bits per heavy atom. The Balaban J connectivity index is 2.13. The normalized spacial score (nSPS) is 11.7. The van der Waals surface area contributed by atoms with E-state index >= 15 is 0 Å². The van der Waals surface area contributed by atoms with Crippen molar-refractivity contribution < 1.29 is 4.39 Å². The van der Waals surface area contributed by atoms with Gasteiger partial charge in [0.15, 0.2) is 0 Å². The lowest BCUT2D eigenvalue weighted by molar-refractivity contribution is 0.626. The van der Waals surface area contributed by atoms with Gasteiger partial charge in [0, 0.05) is 28.2 Å². The number of nitrogens with one attached hydrogen (secondary N) is 2. The van der Waals surface area contributed by atoms with E-state index in [0.717, 1.165) is 44.8 Å². The van der Waals surface area contributed by atoms with Gasteiger partial charge in [-0.05, 0) is 86.7 Å². The molecule has 0 aliphatic heterocycles. The van der Waals surface area contributed by atoms with E-state index in [1.807, 2.05) is 57.2 Å². The topological polar surface area (TPSA) is 65.7 Å². The molecule has 0 bridgehead atoms. The summed E-state index contributed by atoms with van der Waals surface area (Å²) in [6.45, 7) is 7.70. The van der Waals surface area contributed by atoms with E-state index in [9.17, 15) is 4.39 Å². The van der Waals surface area contributed by atoms with Crippen molar-refractivity contribution in [3.8, 4) is 0 Å². The molecule has 0 aliphatic rings. The molecule has 0 amide bonds. The number of allylic oxidation sites excluding steroid dienone is 1. The molecule has 0 saturated carbocycles. The van der Waals surface area contributed by atoms with Crippen LogP contribution in [0.15, 0.2) is 48.5 Å². The van der Waals surface area contributed by atoms with Crippen molar-refractivity contribution in [3.63, 3.8) is 0 Å². The van der Waals surface area contributed by atoms with E-state index in [1.165, 1.54) is 6.07 Å². The molecular weight excluding hydrogens is 349 g/mol. The summed E-state index contributed by atoms with van der Waals surface area (Å²) in [6.07, 6.45) is 2.73. The van der Waals surface area contributed by atoms with Crippen LogP contribution in [-0.4, -0.2) is 10.7 Å². The summed E-state index contributed by atoms with van der Waals surface area (Å²) in [6, 6.07) is 12.8. The minimum atomic E-state index is -0.221. The maximum absolute atomic E-state index is 13.5. The van der Waals surface area contributed by atoms with Gasteiger partial charge in [-0.1, -0.05) is 18.2 Å². The van der Waals surface area contributed by atoms with Crippen LogP contribution in [-0.2, 0) is 6.42 Å². The number of nitrogens with two attached hydrogens (primary N) is 1. The molecule has 0 saturated heterocycles. The first-order valence-corrected chi connectivity index (χ1v) is 9.35. The first-order valence-electron chi connectivity index (χ1n) is 9.35. The molecule has 0 radical (unpaired) electrons. The van der Waals surface area contributed by atoms with Crippen molar-refractivity contribution in [2.75, 3.05) is 5.73 Å². The molecule has 1 aromatic heterocycles. The molecule has 4 N–H and O–H groups in total. The van der Waals surface area contributed by atoms with E-state index in [1.54, 1.807) is 13.0 Å². The highest BCUT2D eigenvalue weighted by Crippen LogP contribution is 2.32. The number of hydrogen-bond donors (Lipinski definition) is 3. The molecule has 4 heteroatoms. The van der Waals surface area contributed by atoms with Crippen molar-refractivity contribution in [2.24, 2.45) is 0 Å². The molecule has 3 aromatic rings. The summed E-state index contributed by atoms with van der Waals surface area (Å²) in [5.74, 6) is -0.221. The predicted molar refractivity (Wildman–Crippen MR) is 116 cm³/mol. The fraction of sp³-hybridized carbons (Fsp3) is 0.208. The number of H-pyrrole nitrogens is 1. The summed E-state index contributed by atoms with van der Waals surface area (Å²) < 4.78 is 13.5. The largest absolute Gasteiger partial charge is 0.399 e. The smallest absolute Gasteiger partial charge is 0.123 e. The van der Waals surface area contributed by atoms with Gasteiger partial charge in [0.25, 0.3) is 0 Å². The Labute approximate surface area is 165 Å². The van der Waals surface area contributed by atoms with Crippen LogP contribution in [0.5, 0.6) is 0 Å². The zero-order valence-corrected chi connectivity index (χ0v) is 16.8. The number of nitrogen functional groups attached to an aromatic ring is 1. The highest BCUT2D eigenvalue weighted by atomic mass is 19.1. The Morgan fingerprint density at radius 3 is 2.43 bits per heavy atom. The van der Waals surface area contributed by atoms with Crippen LogP contribution in [0.1, 0.15) is 53.1 Å². The second-order valence-electron chi connectivity index (χ2n) is 7.23. The van der Waals surface area contributed by atoms with Crippen molar-refractivity contribution in [1.29, 1.82) is 5.41 Å². The van der Waals surface area contributed by atoms with E-state index in [-0.39, 0.29) is 5.82 Å². The third kappa shape index (κ3) is 3.91. The number of halogens is 1. The molecule has 3 rings (SSSR count). The van der Waals surface area contributed by atoms with Gasteiger partial charge >= 0.3 is 0 Å². The van der Waals surface area contributed by atoms with Gasteiger partial charge in [-0.2, -0.15) is 0 Å². The molecule has 0 fully saturated rings. The fourth-order valence-electron chi connectivity index (χ4n) is 3.59. The second kappa shape index (κ2) is 7.85. The first kappa shape index (κ1) is 19.6. The summed E-state index contributed by atoms with van der Waals surface area (Å²) in [5.41, 5.74) is 15.3. The number of hydrogen-bond acceptors (Lipinski definition) is 2. The van der Waals surface area contributed by atoms with Crippen LogP contribution >= 0.6 is 0 Å². The van der Waals surface area contributed by atoms with Crippen molar-refractivity contribution in [3.05, 3.63) is 93.6 Å². The van der Waals surface area contributed by atoms with Crippen LogP contribution in [0.4, 0.5) is 10.1 Å². The van der Waals surface area contributed by atoms with E-state index in [0.29, 0.717) is 17.8 Å². The molecular formula is C24H26FN3. The second-order valence-corrected chi connectivity index (χ2v) is 7.23. The lowest BCUT2D eigenvalue weighted by Crippen LogP contribution is -2.03. The van der Waals surface area contributed by atoms with Crippen LogP contribution < -0.4 is 5.73 Å². The zero-order chi connectivity index (χ0) is 20.4. The van der Waals surface area contributed by atoms with Crippen LogP contribution in [0.3, 0.4) is 0 Å². The van der Waals surface area contributed by atoms with Gasteiger partial charge in [0.2, 0.25) is 0 Å². The predicted octanol–water partition coefficient (Wildman–Crippen LogP) is 5.78. The summed E-state index contributed by atoms with van der Waals surface area (Å²) in [7, 11) is 0. The number of benzene rings is 2. The maximum atomic E-state index is 13.5. The number of aryl methyl sites for hydroxylation is 2. The van der Waals surface area contributed by atoms with Gasteiger partial charge in [-0.25, -0.2) is 4.39 Å². The van der Waals surface area contributed by atoms with Crippen LogP contribution in [0.25, 0.3) is 5.57 Å². The molecule has 0 aliphatic carbocycles. The highest BCUT2D eigenvalue weighted by molar-refractivity contribution is 6.02. The first-order chi connectivity index (χ1) is 13.3. The molecule has 1 heterocycles. The third-order valence-electron chi connectivity index (χ3n) is 5.02. The van der Waals surface area contributed by atoms with Gasteiger partial charge in [-0.3, -0.25) is 0 Å². The third-order valence-corrected chi connectivity index (χ3v) is 5.02. The molecule has 2 aromatic carbocycles. The standard InChI is InChI=1S/C24H26FN3/c1-5-21(24-22(16(4)26)11-15(3)28-24)23-13-20(27)9-7-18(23)12-17-6-8-19(25)10-14(17)2/h5-11,13,26,28H,12,27H2,1-4H3/b21-5-,26-16?. The molecule has 144 valence electrons. The number of anilines is 1. The maximum Gasteiger partial charge on any atom is 0.123 e. The minimum absolute atomic E-state index is 0.221. The zero-order valence-electron chi connectivity index (χ0n) is 16.8. The van der Waals surface area contributed by atoms with Crippen molar-refractivity contribution >= 4 is 17.0 Å². The number of rotatable bonds is 5. The van der Waals surface area contributed by atoms with Crippen molar-refractivity contribution in [2.45, 2.75) is 34.1 Å². The average molecular weight is 375 g/mol. The number of aromatic nitrogens is 1.